The molecule has 0 radical (unpaired) electrons. The molecule has 3 aromatic rings. The van der Waals surface area contributed by atoms with Crippen LogP contribution in [0.4, 0.5) is 5.69 Å². The summed E-state index contributed by atoms with van der Waals surface area (Å²) >= 11 is 0. The molecule has 0 aliphatic heterocycles. The standard InChI is InChI=1S/C19H20N4O2/c1-2-25-17-6-4-3-5-15(17)7-10-19(24)22-16-8-9-18(21-13-16)23-12-11-20-14-23/h3-6,8-9,11-14H,2,7,10H2,1H3,(H,22,24). The van der Waals surface area contributed by atoms with E-state index < -0.39 is 0 Å². The molecule has 1 amide bonds. The van der Waals surface area contributed by atoms with E-state index in [1.54, 1.807) is 23.3 Å². The van der Waals surface area contributed by atoms with E-state index in [-0.39, 0.29) is 5.91 Å². The van der Waals surface area contributed by atoms with Gasteiger partial charge >= 0.3 is 0 Å². The van der Waals surface area contributed by atoms with Crippen molar-refractivity contribution < 1.29 is 9.53 Å². The predicted molar refractivity (Wildman–Crippen MR) is 95.9 cm³/mol. The Kier molecular flexibility index (Phi) is 5.41. The minimum Gasteiger partial charge on any atom is -0.494 e. The smallest absolute Gasteiger partial charge is 0.224 e. The number of benzene rings is 1. The molecule has 0 saturated heterocycles. The number of aromatic nitrogens is 3. The molecule has 0 spiro atoms. The first-order valence-corrected chi connectivity index (χ1v) is 8.21. The Labute approximate surface area is 146 Å². The highest BCUT2D eigenvalue weighted by Gasteiger charge is 2.07. The Hall–Kier alpha value is -3.15. The number of nitrogens with one attached hydrogen (secondary N) is 1. The summed E-state index contributed by atoms with van der Waals surface area (Å²) in [5.41, 5.74) is 1.71. The maximum absolute atomic E-state index is 12.2. The molecule has 6 nitrogen and oxygen atoms in total. The fourth-order valence-electron chi connectivity index (χ4n) is 2.49. The van der Waals surface area contributed by atoms with Crippen LogP contribution in [-0.2, 0) is 11.2 Å². The van der Waals surface area contributed by atoms with Crippen molar-refractivity contribution in [3.63, 3.8) is 0 Å². The molecule has 1 N–H and O–H groups in total. The molecule has 0 unspecified atom stereocenters. The van der Waals surface area contributed by atoms with Crippen LogP contribution in [-0.4, -0.2) is 27.0 Å². The van der Waals surface area contributed by atoms with Gasteiger partial charge in [0.15, 0.2) is 0 Å². The zero-order valence-corrected chi connectivity index (χ0v) is 14.1. The van der Waals surface area contributed by atoms with E-state index in [0.29, 0.717) is 25.1 Å². The topological polar surface area (TPSA) is 69.0 Å². The molecule has 25 heavy (non-hydrogen) atoms. The number of nitrogens with zero attached hydrogens (tertiary/aromatic N) is 3. The van der Waals surface area contributed by atoms with Crippen LogP contribution >= 0.6 is 0 Å². The largest absolute Gasteiger partial charge is 0.494 e. The van der Waals surface area contributed by atoms with E-state index in [2.05, 4.69) is 15.3 Å². The lowest BCUT2D eigenvalue weighted by Crippen LogP contribution is -2.13. The number of aryl methyl sites for hydroxylation is 1. The molecule has 2 aromatic heterocycles. The van der Waals surface area contributed by atoms with Crippen LogP contribution in [0.15, 0.2) is 61.3 Å². The van der Waals surface area contributed by atoms with E-state index in [9.17, 15) is 4.79 Å². The van der Waals surface area contributed by atoms with Crippen LogP contribution in [0.25, 0.3) is 5.82 Å². The molecule has 0 aliphatic carbocycles. The summed E-state index contributed by atoms with van der Waals surface area (Å²) in [7, 11) is 0. The fraction of sp³-hybridized carbons (Fsp3) is 0.211. The third-order valence-corrected chi connectivity index (χ3v) is 3.69. The number of imidazole rings is 1. The van der Waals surface area contributed by atoms with Gasteiger partial charge in [0.1, 0.15) is 17.9 Å². The normalized spacial score (nSPS) is 10.4. The predicted octanol–water partition coefficient (Wildman–Crippen LogP) is 3.24. The van der Waals surface area contributed by atoms with E-state index in [4.69, 9.17) is 4.74 Å². The fourth-order valence-corrected chi connectivity index (χ4v) is 2.49. The Balaban J connectivity index is 1.56. The second kappa shape index (κ2) is 8.10. The number of amides is 1. The molecule has 0 saturated carbocycles. The Morgan fingerprint density at radius 2 is 2.12 bits per heavy atom. The Bertz CT molecular complexity index is 814. The van der Waals surface area contributed by atoms with Crippen LogP contribution in [0.3, 0.4) is 0 Å². The van der Waals surface area contributed by atoms with Gasteiger partial charge in [0.25, 0.3) is 0 Å². The molecule has 0 bridgehead atoms. The van der Waals surface area contributed by atoms with Crippen molar-refractivity contribution >= 4 is 11.6 Å². The number of ether oxygens (including phenoxy) is 1. The van der Waals surface area contributed by atoms with E-state index in [1.165, 1.54) is 0 Å². The molecule has 0 atom stereocenters. The van der Waals surface area contributed by atoms with Gasteiger partial charge in [-0.1, -0.05) is 18.2 Å². The first-order chi connectivity index (χ1) is 12.3. The summed E-state index contributed by atoms with van der Waals surface area (Å²) < 4.78 is 7.39. The van der Waals surface area contributed by atoms with Gasteiger partial charge < -0.3 is 10.1 Å². The molecule has 6 heteroatoms. The second-order valence-electron chi connectivity index (χ2n) is 5.46. The minimum absolute atomic E-state index is 0.0523. The Morgan fingerprint density at radius 1 is 1.24 bits per heavy atom. The van der Waals surface area contributed by atoms with Gasteiger partial charge in [-0.3, -0.25) is 9.36 Å². The lowest BCUT2D eigenvalue weighted by Gasteiger charge is -2.10. The number of hydrogen-bond acceptors (Lipinski definition) is 4. The van der Waals surface area contributed by atoms with Gasteiger partial charge in [-0.25, -0.2) is 9.97 Å². The highest BCUT2D eigenvalue weighted by atomic mass is 16.5. The maximum Gasteiger partial charge on any atom is 0.224 e. The molecule has 2 heterocycles. The van der Waals surface area contributed by atoms with Crippen molar-refractivity contribution in [1.82, 2.24) is 14.5 Å². The number of pyridine rings is 1. The zero-order valence-electron chi connectivity index (χ0n) is 14.1. The molecule has 0 aliphatic rings. The number of para-hydroxylation sites is 1. The molecular formula is C19H20N4O2. The third-order valence-electron chi connectivity index (χ3n) is 3.69. The van der Waals surface area contributed by atoms with Gasteiger partial charge in [0.2, 0.25) is 5.91 Å². The second-order valence-corrected chi connectivity index (χ2v) is 5.46. The number of carbonyl (C=O) groups excluding carboxylic acids is 1. The van der Waals surface area contributed by atoms with Gasteiger partial charge in [0.05, 0.1) is 18.5 Å². The van der Waals surface area contributed by atoms with Crippen molar-refractivity contribution in [2.45, 2.75) is 19.8 Å². The third kappa shape index (κ3) is 4.44. The molecular weight excluding hydrogens is 316 g/mol. The van der Waals surface area contributed by atoms with Gasteiger partial charge in [-0.2, -0.15) is 0 Å². The van der Waals surface area contributed by atoms with Gasteiger partial charge in [0, 0.05) is 18.8 Å². The van der Waals surface area contributed by atoms with Crippen LogP contribution < -0.4 is 10.1 Å². The summed E-state index contributed by atoms with van der Waals surface area (Å²) in [4.78, 5) is 20.5. The van der Waals surface area contributed by atoms with Crippen LogP contribution in [0.5, 0.6) is 5.75 Å². The quantitative estimate of drug-likeness (QED) is 0.719. The minimum atomic E-state index is -0.0523. The van der Waals surface area contributed by atoms with Crippen molar-refractivity contribution in [2.75, 3.05) is 11.9 Å². The van der Waals surface area contributed by atoms with Crippen LogP contribution in [0.2, 0.25) is 0 Å². The monoisotopic (exact) mass is 336 g/mol. The van der Waals surface area contributed by atoms with Crippen LogP contribution in [0, 0.1) is 0 Å². The first-order valence-electron chi connectivity index (χ1n) is 8.21. The summed E-state index contributed by atoms with van der Waals surface area (Å²) in [6.07, 6.45) is 7.83. The summed E-state index contributed by atoms with van der Waals surface area (Å²) in [6, 6.07) is 11.5. The average Bonchev–Trinajstić information content (AvgIpc) is 3.17. The van der Waals surface area contributed by atoms with Crippen LogP contribution in [0.1, 0.15) is 18.9 Å². The average molecular weight is 336 g/mol. The molecule has 128 valence electrons. The highest BCUT2D eigenvalue weighted by molar-refractivity contribution is 5.90. The molecule has 0 fully saturated rings. The first kappa shape index (κ1) is 16.7. The van der Waals surface area contributed by atoms with Crippen molar-refractivity contribution in [3.8, 4) is 11.6 Å². The SMILES string of the molecule is CCOc1ccccc1CCC(=O)Nc1ccc(-n2ccnc2)nc1. The number of carbonyl (C=O) groups is 1. The number of rotatable bonds is 7. The van der Waals surface area contributed by atoms with Crippen molar-refractivity contribution in [1.29, 1.82) is 0 Å². The number of hydrogen-bond donors (Lipinski definition) is 1. The summed E-state index contributed by atoms with van der Waals surface area (Å²) in [5.74, 6) is 1.54. The van der Waals surface area contributed by atoms with Gasteiger partial charge in [-0.15, -0.1) is 0 Å². The maximum atomic E-state index is 12.2. The summed E-state index contributed by atoms with van der Waals surface area (Å²) in [6.45, 7) is 2.56. The summed E-state index contributed by atoms with van der Waals surface area (Å²) in [5, 5.41) is 2.87. The van der Waals surface area contributed by atoms with E-state index >= 15 is 0 Å². The van der Waals surface area contributed by atoms with Crippen molar-refractivity contribution in [3.05, 3.63) is 66.9 Å². The van der Waals surface area contributed by atoms with Gasteiger partial charge in [-0.05, 0) is 37.1 Å². The lowest BCUT2D eigenvalue weighted by atomic mass is 10.1. The Morgan fingerprint density at radius 3 is 2.84 bits per heavy atom. The lowest BCUT2D eigenvalue weighted by molar-refractivity contribution is -0.116. The van der Waals surface area contributed by atoms with Crippen molar-refractivity contribution in [2.24, 2.45) is 0 Å². The highest BCUT2D eigenvalue weighted by Crippen LogP contribution is 2.20. The van der Waals surface area contributed by atoms with E-state index in [1.807, 2.05) is 49.5 Å². The molecule has 1 aromatic carbocycles. The zero-order chi connectivity index (χ0) is 17.5. The van der Waals surface area contributed by atoms with E-state index in [0.717, 1.165) is 17.1 Å². The number of anilines is 1. The molecule has 3 rings (SSSR count).